The highest BCUT2D eigenvalue weighted by atomic mass is 32.2. The van der Waals surface area contributed by atoms with E-state index in [4.69, 9.17) is 0 Å². The van der Waals surface area contributed by atoms with E-state index in [0.717, 1.165) is 29.8 Å². The van der Waals surface area contributed by atoms with Crippen LogP contribution in [0.1, 0.15) is 32.3 Å². The molecule has 0 saturated heterocycles. The van der Waals surface area contributed by atoms with Gasteiger partial charge < -0.3 is 5.32 Å². The minimum Gasteiger partial charge on any atom is -0.326 e. The van der Waals surface area contributed by atoms with Crippen LogP contribution in [0, 0.1) is 0 Å². The van der Waals surface area contributed by atoms with Crippen LogP contribution in [0.4, 0.5) is 11.4 Å². The van der Waals surface area contributed by atoms with Gasteiger partial charge in [0.15, 0.2) is 0 Å². The molecular formula is C14H20N2O3S. The second-order valence-electron chi connectivity index (χ2n) is 4.82. The molecule has 1 aromatic rings. The van der Waals surface area contributed by atoms with Crippen LogP contribution in [0.3, 0.4) is 0 Å². The molecule has 1 amide bonds. The lowest BCUT2D eigenvalue weighted by Gasteiger charge is -2.30. The number of sulfonamides is 1. The summed E-state index contributed by atoms with van der Waals surface area (Å²) in [6.07, 6.45) is 2.06. The third kappa shape index (κ3) is 2.95. The molecule has 1 N–H and O–H groups in total. The number of benzene rings is 1. The smallest absolute Gasteiger partial charge is 0.234 e. The number of nitrogens with zero attached hydrogens (tertiary/aromatic N) is 1. The summed E-state index contributed by atoms with van der Waals surface area (Å²) in [5.74, 6) is 0.0552. The maximum atomic E-state index is 12.1. The Labute approximate surface area is 120 Å². The molecule has 1 heterocycles. The molecule has 0 bridgehead atoms. The summed E-state index contributed by atoms with van der Waals surface area (Å²) in [6.45, 7) is 3.98. The van der Waals surface area contributed by atoms with Crippen LogP contribution in [0.5, 0.6) is 0 Å². The van der Waals surface area contributed by atoms with Gasteiger partial charge in [-0.25, -0.2) is 8.42 Å². The Morgan fingerprint density at radius 2 is 2.10 bits per heavy atom. The first kappa shape index (κ1) is 14.8. The quantitative estimate of drug-likeness (QED) is 0.925. The molecule has 0 atom stereocenters. The summed E-state index contributed by atoms with van der Waals surface area (Å²) in [5.41, 5.74) is 2.45. The van der Waals surface area contributed by atoms with E-state index in [9.17, 15) is 13.2 Å². The molecular weight excluding hydrogens is 276 g/mol. The van der Waals surface area contributed by atoms with Crippen LogP contribution in [0.25, 0.3) is 0 Å². The topological polar surface area (TPSA) is 66.5 Å². The van der Waals surface area contributed by atoms with Crippen molar-refractivity contribution in [1.29, 1.82) is 0 Å². The van der Waals surface area contributed by atoms with E-state index in [0.29, 0.717) is 13.0 Å². The van der Waals surface area contributed by atoms with Crippen molar-refractivity contribution in [2.24, 2.45) is 0 Å². The van der Waals surface area contributed by atoms with Crippen molar-refractivity contribution >= 4 is 27.3 Å². The summed E-state index contributed by atoms with van der Waals surface area (Å²) in [4.78, 5) is 11.4. The number of carbonyl (C=O) groups is 1. The number of hydrogen-bond donors (Lipinski definition) is 1. The molecule has 6 heteroatoms. The fourth-order valence-corrected chi connectivity index (χ4v) is 3.53. The van der Waals surface area contributed by atoms with Crippen LogP contribution in [0.2, 0.25) is 0 Å². The number of nitrogens with one attached hydrogen (secondary N) is 1. The Morgan fingerprint density at radius 3 is 2.75 bits per heavy atom. The number of anilines is 2. The highest BCUT2D eigenvalue weighted by molar-refractivity contribution is 7.92. The molecule has 110 valence electrons. The molecule has 5 nitrogen and oxygen atoms in total. The van der Waals surface area contributed by atoms with E-state index >= 15 is 0 Å². The molecule has 0 spiro atoms. The Balaban J connectivity index is 2.33. The second-order valence-corrected chi connectivity index (χ2v) is 7.00. The first-order valence-corrected chi connectivity index (χ1v) is 8.52. The minimum atomic E-state index is -3.23. The average Bonchev–Trinajstić information content (AvgIpc) is 2.46. The lowest BCUT2D eigenvalue weighted by atomic mass is 10.0. The van der Waals surface area contributed by atoms with E-state index in [1.165, 1.54) is 4.31 Å². The van der Waals surface area contributed by atoms with Crippen LogP contribution in [0.15, 0.2) is 18.2 Å². The number of amides is 1. The molecule has 0 unspecified atom stereocenters. The first-order chi connectivity index (χ1) is 9.47. The zero-order valence-electron chi connectivity index (χ0n) is 11.8. The summed E-state index contributed by atoms with van der Waals surface area (Å²) >= 11 is 0. The van der Waals surface area contributed by atoms with Gasteiger partial charge >= 0.3 is 0 Å². The van der Waals surface area contributed by atoms with Gasteiger partial charge in [0.1, 0.15) is 0 Å². The van der Waals surface area contributed by atoms with Crippen molar-refractivity contribution in [3.63, 3.8) is 0 Å². The van der Waals surface area contributed by atoms with Crippen LogP contribution < -0.4 is 9.62 Å². The first-order valence-electron chi connectivity index (χ1n) is 6.91. The maximum absolute atomic E-state index is 12.1. The highest BCUT2D eigenvalue weighted by Crippen LogP contribution is 2.31. The normalized spacial score (nSPS) is 14.8. The molecule has 0 radical (unpaired) electrons. The van der Waals surface area contributed by atoms with Gasteiger partial charge in [-0.1, -0.05) is 6.92 Å². The zero-order chi connectivity index (χ0) is 14.8. The van der Waals surface area contributed by atoms with Crippen molar-refractivity contribution in [3.8, 4) is 0 Å². The van der Waals surface area contributed by atoms with Crippen LogP contribution in [-0.2, 0) is 21.2 Å². The number of rotatable bonds is 4. The molecule has 1 aliphatic rings. The van der Waals surface area contributed by atoms with Gasteiger partial charge in [-0.15, -0.1) is 0 Å². The van der Waals surface area contributed by atoms with Gasteiger partial charge in [0.05, 0.1) is 11.4 Å². The third-order valence-electron chi connectivity index (χ3n) is 3.46. The van der Waals surface area contributed by atoms with Crippen LogP contribution in [-0.4, -0.2) is 26.6 Å². The SMILES string of the molecule is CCC(=O)Nc1ccc2c(c1)CCCN2S(=O)(=O)CC. The van der Waals surface area contributed by atoms with Gasteiger partial charge in [-0.2, -0.15) is 0 Å². The third-order valence-corrected chi connectivity index (χ3v) is 5.24. The fourth-order valence-electron chi connectivity index (χ4n) is 2.33. The minimum absolute atomic E-state index is 0.0428. The monoisotopic (exact) mass is 296 g/mol. The number of hydrogen-bond acceptors (Lipinski definition) is 3. The summed E-state index contributed by atoms with van der Waals surface area (Å²) in [6, 6.07) is 5.42. The largest absolute Gasteiger partial charge is 0.326 e. The predicted molar refractivity (Wildman–Crippen MR) is 80.5 cm³/mol. The molecule has 20 heavy (non-hydrogen) atoms. The van der Waals surface area contributed by atoms with Gasteiger partial charge in [0.25, 0.3) is 0 Å². The lowest BCUT2D eigenvalue weighted by Crippen LogP contribution is -2.36. The molecule has 0 fully saturated rings. The Morgan fingerprint density at radius 1 is 1.35 bits per heavy atom. The number of fused-ring (bicyclic) bond motifs is 1. The highest BCUT2D eigenvalue weighted by Gasteiger charge is 2.26. The lowest BCUT2D eigenvalue weighted by molar-refractivity contribution is -0.115. The van der Waals surface area contributed by atoms with Crippen molar-refractivity contribution in [2.75, 3.05) is 21.9 Å². The summed E-state index contributed by atoms with van der Waals surface area (Å²) in [5, 5.41) is 2.80. The standard InChI is InChI=1S/C14H20N2O3S/c1-3-14(17)15-12-7-8-13-11(10-12)6-5-9-16(13)20(18,19)4-2/h7-8,10H,3-6,9H2,1-2H3,(H,15,17). The second kappa shape index (κ2) is 5.83. The predicted octanol–water partition coefficient (Wildman–Crippen LogP) is 2.14. The molecule has 2 rings (SSSR count). The Bertz CT molecular complexity index is 611. The van der Waals surface area contributed by atoms with Crippen molar-refractivity contribution in [1.82, 2.24) is 0 Å². The Hall–Kier alpha value is -1.56. The van der Waals surface area contributed by atoms with Gasteiger partial charge in [-0.3, -0.25) is 9.10 Å². The average molecular weight is 296 g/mol. The molecule has 0 aliphatic carbocycles. The molecule has 0 aromatic heterocycles. The molecule has 0 saturated carbocycles. The number of aryl methyl sites for hydroxylation is 1. The summed E-state index contributed by atoms with van der Waals surface area (Å²) in [7, 11) is -3.23. The van der Waals surface area contributed by atoms with Gasteiger partial charge in [0, 0.05) is 18.7 Å². The van der Waals surface area contributed by atoms with E-state index in [1.54, 1.807) is 26.0 Å². The van der Waals surface area contributed by atoms with Crippen molar-refractivity contribution < 1.29 is 13.2 Å². The van der Waals surface area contributed by atoms with E-state index in [2.05, 4.69) is 5.32 Å². The van der Waals surface area contributed by atoms with E-state index in [-0.39, 0.29) is 11.7 Å². The van der Waals surface area contributed by atoms with Gasteiger partial charge in [0.2, 0.25) is 15.9 Å². The number of carbonyl (C=O) groups excluding carboxylic acids is 1. The molecule has 1 aromatic carbocycles. The van der Waals surface area contributed by atoms with E-state index in [1.807, 2.05) is 6.07 Å². The van der Waals surface area contributed by atoms with Crippen molar-refractivity contribution in [2.45, 2.75) is 33.1 Å². The Kier molecular flexibility index (Phi) is 4.32. The summed E-state index contributed by atoms with van der Waals surface area (Å²) < 4.78 is 25.6. The maximum Gasteiger partial charge on any atom is 0.234 e. The molecule has 1 aliphatic heterocycles. The zero-order valence-corrected chi connectivity index (χ0v) is 12.7. The van der Waals surface area contributed by atoms with Gasteiger partial charge in [-0.05, 0) is 43.5 Å². The fraction of sp³-hybridized carbons (Fsp3) is 0.500. The van der Waals surface area contributed by atoms with Crippen molar-refractivity contribution in [3.05, 3.63) is 23.8 Å². The van der Waals surface area contributed by atoms with E-state index < -0.39 is 10.0 Å². The van der Waals surface area contributed by atoms with Crippen LogP contribution >= 0.6 is 0 Å².